The monoisotopic (exact) mass is 330 g/mol. The molecule has 0 spiro atoms. The Bertz CT molecular complexity index is 796. The predicted octanol–water partition coefficient (Wildman–Crippen LogP) is 4.31. The molecule has 3 rings (SSSR count). The Morgan fingerprint density at radius 3 is 2.50 bits per heavy atom. The number of nitrogens with two attached hydrogens (primary N) is 1. The van der Waals surface area contributed by atoms with E-state index in [9.17, 15) is 4.79 Å². The van der Waals surface area contributed by atoms with Gasteiger partial charge in [-0.3, -0.25) is 4.79 Å². The molecule has 112 valence electrons. The number of primary amides is 1. The van der Waals surface area contributed by atoms with Crippen LogP contribution in [0.5, 0.6) is 0 Å². The topological polar surface area (TPSA) is 56.0 Å². The first-order valence-corrected chi connectivity index (χ1v) is 7.44. The Balaban J connectivity index is 0.00000176. The maximum atomic E-state index is 11.2. The predicted molar refractivity (Wildman–Crippen MR) is 93.5 cm³/mol. The largest absolute Gasteiger partial charge is 0.366 e. The van der Waals surface area contributed by atoms with Crippen molar-refractivity contribution in [3.8, 4) is 21.8 Å². The third kappa shape index (κ3) is 3.35. The minimum absolute atomic E-state index is 0. The van der Waals surface area contributed by atoms with Crippen molar-refractivity contribution in [3.05, 3.63) is 65.0 Å². The number of hydrogen-bond acceptors (Lipinski definition) is 3. The summed E-state index contributed by atoms with van der Waals surface area (Å²) < 4.78 is 0. The SMILES string of the molecule is Cc1ccc(-c2csc(-c3cccc(C(N)=O)c3)n2)cc1.Cl. The maximum absolute atomic E-state index is 11.2. The molecule has 0 bridgehead atoms. The molecule has 2 N–H and O–H groups in total. The second-order valence-corrected chi connectivity index (χ2v) is 5.71. The average Bonchev–Trinajstić information content (AvgIpc) is 2.98. The Hall–Kier alpha value is -2.17. The van der Waals surface area contributed by atoms with E-state index < -0.39 is 5.91 Å². The average molecular weight is 331 g/mol. The molecule has 3 aromatic rings. The first-order chi connectivity index (χ1) is 10.1. The van der Waals surface area contributed by atoms with Gasteiger partial charge in [-0.25, -0.2) is 4.98 Å². The van der Waals surface area contributed by atoms with Gasteiger partial charge < -0.3 is 5.73 Å². The lowest BCUT2D eigenvalue weighted by Gasteiger charge is -2.00. The molecule has 22 heavy (non-hydrogen) atoms. The van der Waals surface area contributed by atoms with Crippen molar-refractivity contribution in [3.63, 3.8) is 0 Å². The Labute approximate surface area is 139 Å². The summed E-state index contributed by atoms with van der Waals surface area (Å²) in [7, 11) is 0. The number of aromatic nitrogens is 1. The molecule has 0 aliphatic carbocycles. The van der Waals surface area contributed by atoms with Crippen molar-refractivity contribution < 1.29 is 4.79 Å². The number of hydrogen-bond donors (Lipinski definition) is 1. The first kappa shape index (κ1) is 16.2. The zero-order valence-electron chi connectivity index (χ0n) is 11.9. The minimum Gasteiger partial charge on any atom is -0.366 e. The van der Waals surface area contributed by atoms with Crippen molar-refractivity contribution in [2.45, 2.75) is 6.92 Å². The number of halogens is 1. The zero-order valence-corrected chi connectivity index (χ0v) is 13.6. The van der Waals surface area contributed by atoms with Crippen molar-refractivity contribution in [1.82, 2.24) is 4.98 Å². The fourth-order valence-corrected chi connectivity index (χ4v) is 2.89. The number of carbonyl (C=O) groups excluding carboxylic acids is 1. The van der Waals surface area contributed by atoms with Gasteiger partial charge in [-0.2, -0.15) is 0 Å². The summed E-state index contributed by atoms with van der Waals surface area (Å²) in [5.74, 6) is -0.424. The highest BCUT2D eigenvalue weighted by Crippen LogP contribution is 2.29. The number of amides is 1. The molecule has 0 fully saturated rings. The number of rotatable bonds is 3. The normalized spacial score (nSPS) is 10.0. The lowest BCUT2D eigenvalue weighted by Crippen LogP contribution is -2.10. The van der Waals surface area contributed by atoms with Gasteiger partial charge in [0.05, 0.1) is 5.69 Å². The molecule has 2 aromatic carbocycles. The molecule has 3 nitrogen and oxygen atoms in total. The van der Waals surface area contributed by atoms with E-state index in [0.717, 1.165) is 21.8 Å². The molecule has 5 heteroatoms. The van der Waals surface area contributed by atoms with E-state index in [4.69, 9.17) is 5.73 Å². The van der Waals surface area contributed by atoms with E-state index in [1.165, 1.54) is 5.56 Å². The van der Waals surface area contributed by atoms with Gasteiger partial charge in [-0.15, -0.1) is 23.7 Å². The van der Waals surface area contributed by atoms with Crippen LogP contribution >= 0.6 is 23.7 Å². The van der Waals surface area contributed by atoms with Gasteiger partial charge >= 0.3 is 0 Å². The highest BCUT2D eigenvalue weighted by molar-refractivity contribution is 7.13. The summed E-state index contributed by atoms with van der Waals surface area (Å²) in [6.07, 6.45) is 0. The van der Waals surface area contributed by atoms with Crippen LogP contribution in [0.4, 0.5) is 0 Å². The van der Waals surface area contributed by atoms with Crippen molar-refractivity contribution >= 4 is 29.7 Å². The summed E-state index contributed by atoms with van der Waals surface area (Å²) in [6.45, 7) is 2.06. The van der Waals surface area contributed by atoms with Crippen molar-refractivity contribution in [2.24, 2.45) is 5.73 Å². The van der Waals surface area contributed by atoms with Gasteiger partial charge in [-0.05, 0) is 19.1 Å². The molecule has 0 saturated heterocycles. The Morgan fingerprint density at radius 1 is 1.09 bits per heavy atom. The fourth-order valence-electron chi connectivity index (χ4n) is 2.07. The van der Waals surface area contributed by atoms with Crippen LogP contribution in [0, 0.1) is 6.92 Å². The van der Waals surface area contributed by atoms with Gasteiger partial charge in [0.2, 0.25) is 5.91 Å². The van der Waals surface area contributed by atoms with Crippen LogP contribution in [0.2, 0.25) is 0 Å². The van der Waals surface area contributed by atoms with Gasteiger partial charge in [-0.1, -0.05) is 42.0 Å². The van der Waals surface area contributed by atoms with Crippen LogP contribution in [0.3, 0.4) is 0 Å². The van der Waals surface area contributed by atoms with Crippen LogP contribution < -0.4 is 5.73 Å². The molecule has 0 aliphatic rings. The smallest absolute Gasteiger partial charge is 0.248 e. The number of carbonyl (C=O) groups is 1. The van der Waals surface area contributed by atoms with Gasteiger partial charge in [0, 0.05) is 22.1 Å². The van der Waals surface area contributed by atoms with Crippen LogP contribution in [0.15, 0.2) is 53.9 Å². The summed E-state index contributed by atoms with van der Waals surface area (Å²) in [6, 6.07) is 15.5. The third-order valence-corrected chi connectivity index (χ3v) is 4.14. The van der Waals surface area contributed by atoms with Gasteiger partial charge in [0.25, 0.3) is 0 Å². The third-order valence-electron chi connectivity index (χ3n) is 3.25. The molecule has 0 saturated carbocycles. The van der Waals surface area contributed by atoms with E-state index in [2.05, 4.69) is 36.2 Å². The first-order valence-electron chi connectivity index (χ1n) is 6.56. The number of aryl methyl sites for hydroxylation is 1. The lowest BCUT2D eigenvalue weighted by atomic mass is 10.1. The van der Waals surface area contributed by atoms with Crippen LogP contribution in [-0.2, 0) is 0 Å². The molecule has 1 amide bonds. The Kier molecular flexibility index (Phi) is 4.96. The summed E-state index contributed by atoms with van der Waals surface area (Å²) >= 11 is 1.56. The van der Waals surface area contributed by atoms with E-state index in [1.54, 1.807) is 23.5 Å². The number of benzene rings is 2. The zero-order chi connectivity index (χ0) is 14.8. The number of thiazole rings is 1. The van der Waals surface area contributed by atoms with Crippen LogP contribution in [-0.4, -0.2) is 10.9 Å². The molecular weight excluding hydrogens is 316 g/mol. The van der Waals surface area contributed by atoms with E-state index in [0.29, 0.717) is 5.56 Å². The molecule has 0 radical (unpaired) electrons. The second-order valence-electron chi connectivity index (χ2n) is 4.85. The molecule has 0 aliphatic heterocycles. The van der Waals surface area contributed by atoms with Crippen LogP contribution in [0.1, 0.15) is 15.9 Å². The van der Waals surface area contributed by atoms with Gasteiger partial charge in [0.15, 0.2) is 0 Å². The summed E-state index contributed by atoms with van der Waals surface area (Å²) in [5, 5.41) is 2.91. The lowest BCUT2D eigenvalue weighted by molar-refractivity contribution is 0.100. The van der Waals surface area contributed by atoms with E-state index in [-0.39, 0.29) is 12.4 Å². The number of nitrogens with zero attached hydrogens (tertiary/aromatic N) is 1. The quantitative estimate of drug-likeness (QED) is 0.778. The van der Waals surface area contributed by atoms with E-state index >= 15 is 0 Å². The standard InChI is InChI=1S/C17H14N2OS.ClH/c1-11-5-7-12(8-6-11)15-10-21-17(19-15)14-4-2-3-13(9-14)16(18)20;/h2-10H,1H3,(H2,18,20);1H. The maximum Gasteiger partial charge on any atom is 0.248 e. The minimum atomic E-state index is -0.424. The molecule has 1 heterocycles. The molecular formula is C17H15ClN2OS. The molecule has 1 aromatic heterocycles. The van der Waals surface area contributed by atoms with E-state index in [1.807, 2.05) is 17.5 Å². The second kappa shape index (κ2) is 6.73. The highest BCUT2D eigenvalue weighted by Gasteiger charge is 2.08. The molecule has 0 atom stereocenters. The van der Waals surface area contributed by atoms with Crippen LogP contribution in [0.25, 0.3) is 21.8 Å². The van der Waals surface area contributed by atoms with Crippen molar-refractivity contribution in [1.29, 1.82) is 0 Å². The Morgan fingerprint density at radius 2 is 1.82 bits per heavy atom. The summed E-state index contributed by atoms with van der Waals surface area (Å²) in [5.41, 5.74) is 9.99. The van der Waals surface area contributed by atoms with Gasteiger partial charge in [0.1, 0.15) is 5.01 Å². The molecule has 0 unspecified atom stereocenters. The van der Waals surface area contributed by atoms with Crippen molar-refractivity contribution in [2.75, 3.05) is 0 Å². The highest BCUT2D eigenvalue weighted by atomic mass is 35.5. The fraction of sp³-hybridized carbons (Fsp3) is 0.0588. The summed E-state index contributed by atoms with van der Waals surface area (Å²) in [4.78, 5) is 15.9.